The van der Waals surface area contributed by atoms with Crippen molar-refractivity contribution in [1.29, 1.82) is 0 Å². The third-order valence-electron chi connectivity index (χ3n) is 3.14. The van der Waals surface area contributed by atoms with E-state index in [2.05, 4.69) is 11.9 Å². The molecule has 4 nitrogen and oxygen atoms in total. The Morgan fingerprint density at radius 1 is 1.10 bits per heavy atom. The van der Waals surface area contributed by atoms with Gasteiger partial charge in [0.15, 0.2) is 0 Å². The fraction of sp³-hybridized carbons (Fsp3) is 0.353. The first kappa shape index (κ1) is 15.3. The number of pyridine rings is 1. The topological polar surface area (TPSA) is 57.4 Å². The highest BCUT2D eigenvalue weighted by molar-refractivity contribution is 5.37. The van der Waals surface area contributed by atoms with E-state index in [9.17, 15) is 0 Å². The highest BCUT2D eigenvalue weighted by atomic mass is 16.5. The zero-order chi connectivity index (χ0) is 15.1. The summed E-state index contributed by atoms with van der Waals surface area (Å²) in [6.45, 7) is 4.67. The monoisotopic (exact) mass is 286 g/mol. The summed E-state index contributed by atoms with van der Waals surface area (Å²) in [5.41, 5.74) is 7.06. The average molecular weight is 286 g/mol. The minimum absolute atomic E-state index is 0.156. The minimum atomic E-state index is 0.156. The van der Waals surface area contributed by atoms with E-state index in [1.165, 1.54) is 0 Å². The minimum Gasteiger partial charge on any atom is -0.494 e. The molecule has 0 spiro atoms. The van der Waals surface area contributed by atoms with Crippen LogP contribution in [-0.4, -0.2) is 17.6 Å². The average Bonchev–Trinajstić information content (AvgIpc) is 2.48. The zero-order valence-electron chi connectivity index (χ0n) is 12.6. The van der Waals surface area contributed by atoms with E-state index in [-0.39, 0.29) is 6.04 Å². The Bertz CT molecular complexity index is 572. The van der Waals surface area contributed by atoms with Crippen LogP contribution in [0.3, 0.4) is 0 Å². The van der Waals surface area contributed by atoms with Gasteiger partial charge in [0.1, 0.15) is 17.2 Å². The van der Waals surface area contributed by atoms with Crippen LogP contribution in [0.25, 0.3) is 0 Å². The summed E-state index contributed by atoms with van der Waals surface area (Å²) in [6.07, 6.45) is 5.29. The van der Waals surface area contributed by atoms with Gasteiger partial charge in [-0.05, 0) is 43.5 Å². The van der Waals surface area contributed by atoms with Crippen LogP contribution in [-0.2, 0) is 6.42 Å². The lowest BCUT2D eigenvalue weighted by molar-refractivity contribution is 0.338. The van der Waals surface area contributed by atoms with Crippen molar-refractivity contribution in [3.05, 3.63) is 48.3 Å². The molecule has 1 aromatic heterocycles. The first-order valence-electron chi connectivity index (χ1n) is 7.31. The van der Waals surface area contributed by atoms with Crippen LogP contribution in [0.4, 0.5) is 0 Å². The van der Waals surface area contributed by atoms with Crippen LogP contribution in [0.1, 0.15) is 25.8 Å². The van der Waals surface area contributed by atoms with Crippen molar-refractivity contribution in [2.45, 2.75) is 32.7 Å². The van der Waals surface area contributed by atoms with Crippen molar-refractivity contribution < 1.29 is 9.47 Å². The number of aromatic nitrogens is 1. The summed E-state index contributed by atoms with van der Waals surface area (Å²) in [4.78, 5) is 4.22. The van der Waals surface area contributed by atoms with Crippen LogP contribution in [0.5, 0.6) is 17.2 Å². The van der Waals surface area contributed by atoms with Crippen LogP contribution in [0.2, 0.25) is 0 Å². The Balaban J connectivity index is 2.08. The molecule has 0 aliphatic carbocycles. The van der Waals surface area contributed by atoms with Gasteiger partial charge in [0.05, 0.1) is 12.8 Å². The SMILES string of the molecule is CCOc1cccc(Oc2cncc(CC(N)CC)c2)c1. The van der Waals surface area contributed by atoms with Gasteiger partial charge < -0.3 is 15.2 Å². The summed E-state index contributed by atoms with van der Waals surface area (Å²) in [5, 5.41) is 0. The van der Waals surface area contributed by atoms with Gasteiger partial charge in [0, 0.05) is 18.3 Å². The molecule has 1 aromatic carbocycles. The lowest BCUT2D eigenvalue weighted by Crippen LogP contribution is -2.21. The first-order chi connectivity index (χ1) is 10.2. The quantitative estimate of drug-likeness (QED) is 0.845. The summed E-state index contributed by atoms with van der Waals surface area (Å²) < 4.78 is 11.3. The van der Waals surface area contributed by atoms with Crippen LogP contribution < -0.4 is 15.2 Å². The summed E-state index contributed by atoms with van der Waals surface area (Å²) in [5.74, 6) is 2.25. The summed E-state index contributed by atoms with van der Waals surface area (Å²) in [7, 11) is 0. The fourth-order valence-electron chi connectivity index (χ4n) is 2.01. The predicted molar refractivity (Wildman–Crippen MR) is 83.9 cm³/mol. The van der Waals surface area contributed by atoms with Gasteiger partial charge in [0.25, 0.3) is 0 Å². The molecular formula is C17H22N2O2. The maximum atomic E-state index is 5.98. The van der Waals surface area contributed by atoms with Crippen LogP contribution in [0, 0.1) is 0 Å². The Labute approximate surface area is 125 Å². The predicted octanol–water partition coefficient (Wildman–Crippen LogP) is 3.55. The summed E-state index contributed by atoms with van der Waals surface area (Å²) >= 11 is 0. The Kier molecular flexibility index (Phi) is 5.58. The first-order valence-corrected chi connectivity index (χ1v) is 7.31. The van der Waals surface area contributed by atoms with Gasteiger partial charge in [-0.2, -0.15) is 0 Å². The Morgan fingerprint density at radius 2 is 1.90 bits per heavy atom. The molecule has 1 atom stereocenters. The number of hydrogen-bond acceptors (Lipinski definition) is 4. The molecule has 0 aliphatic heterocycles. The van der Waals surface area contributed by atoms with Crippen molar-refractivity contribution in [2.24, 2.45) is 5.73 Å². The van der Waals surface area contributed by atoms with Gasteiger partial charge in [-0.25, -0.2) is 0 Å². The van der Waals surface area contributed by atoms with E-state index in [1.54, 1.807) is 6.20 Å². The molecule has 0 saturated heterocycles. The number of benzene rings is 1. The van der Waals surface area contributed by atoms with Crippen LogP contribution >= 0.6 is 0 Å². The maximum absolute atomic E-state index is 5.98. The number of nitrogens with two attached hydrogens (primary N) is 1. The molecule has 2 N–H and O–H groups in total. The Hall–Kier alpha value is -2.07. The highest BCUT2D eigenvalue weighted by Gasteiger charge is 2.05. The second-order valence-electron chi connectivity index (χ2n) is 4.91. The van der Waals surface area contributed by atoms with Gasteiger partial charge >= 0.3 is 0 Å². The smallest absolute Gasteiger partial charge is 0.145 e. The lowest BCUT2D eigenvalue weighted by atomic mass is 10.1. The lowest BCUT2D eigenvalue weighted by Gasteiger charge is -2.11. The molecular weight excluding hydrogens is 264 g/mol. The molecule has 2 aromatic rings. The molecule has 0 fully saturated rings. The molecule has 2 rings (SSSR count). The molecule has 0 bridgehead atoms. The number of hydrogen-bond donors (Lipinski definition) is 1. The number of nitrogens with zero attached hydrogens (tertiary/aromatic N) is 1. The van der Waals surface area contributed by atoms with Gasteiger partial charge in [-0.15, -0.1) is 0 Å². The molecule has 112 valence electrons. The maximum Gasteiger partial charge on any atom is 0.145 e. The van der Waals surface area contributed by atoms with Crippen molar-refractivity contribution in [3.63, 3.8) is 0 Å². The second kappa shape index (κ2) is 7.64. The molecule has 0 radical (unpaired) electrons. The number of rotatable bonds is 7. The van der Waals surface area contributed by atoms with Gasteiger partial charge in [0.2, 0.25) is 0 Å². The molecule has 1 heterocycles. The molecule has 0 aliphatic rings. The van der Waals surface area contributed by atoms with E-state index in [4.69, 9.17) is 15.2 Å². The zero-order valence-corrected chi connectivity index (χ0v) is 12.6. The van der Waals surface area contributed by atoms with Gasteiger partial charge in [-0.1, -0.05) is 13.0 Å². The van der Waals surface area contributed by atoms with E-state index >= 15 is 0 Å². The van der Waals surface area contributed by atoms with Crippen molar-refractivity contribution >= 4 is 0 Å². The molecule has 4 heteroatoms. The standard InChI is InChI=1S/C17H22N2O2/c1-3-14(18)8-13-9-17(12-19-11-13)21-16-7-5-6-15(10-16)20-4-2/h5-7,9-12,14H,3-4,8,18H2,1-2H3. The summed E-state index contributed by atoms with van der Waals surface area (Å²) in [6, 6.07) is 9.72. The van der Waals surface area contributed by atoms with Crippen molar-refractivity contribution in [1.82, 2.24) is 4.98 Å². The van der Waals surface area contributed by atoms with Crippen molar-refractivity contribution in [2.75, 3.05) is 6.61 Å². The third-order valence-corrected chi connectivity index (χ3v) is 3.14. The molecule has 0 saturated carbocycles. The van der Waals surface area contributed by atoms with E-state index in [0.717, 1.165) is 29.9 Å². The van der Waals surface area contributed by atoms with E-state index in [0.29, 0.717) is 12.4 Å². The molecule has 1 unspecified atom stereocenters. The van der Waals surface area contributed by atoms with E-state index < -0.39 is 0 Å². The van der Waals surface area contributed by atoms with Crippen molar-refractivity contribution in [3.8, 4) is 17.2 Å². The number of ether oxygens (including phenoxy) is 2. The molecule has 21 heavy (non-hydrogen) atoms. The third kappa shape index (κ3) is 4.76. The molecule has 0 amide bonds. The van der Waals surface area contributed by atoms with Gasteiger partial charge in [-0.3, -0.25) is 4.98 Å². The van der Waals surface area contributed by atoms with E-state index in [1.807, 2.05) is 43.5 Å². The highest BCUT2D eigenvalue weighted by Crippen LogP contribution is 2.25. The second-order valence-corrected chi connectivity index (χ2v) is 4.91. The Morgan fingerprint density at radius 3 is 2.67 bits per heavy atom. The van der Waals surface area contributed by atoms with Crippen LogP contribution in [0.15, 0.2) is 42.7 Å². The normalized spacial score (nSPS) is 12.0. The largest absolute Gasteiger partial charge is 0.494 e. The fourth-order valence-corrected chi connectivity index (χ4v) is 2.01.